The summed E-state index contributed by atoms with van der Waals surface area (Å²) in [5, 5.41) is 21.0. The molecule has 0 fully saturated rings. The Morgan fingerprint density at radius 1 is 1.36 bits per heavy atom. The zero-order valence-electron chi connectivity index (χ0n) is 8.06. The summed E-state index contributed by atoms with van der Waals surface area (Å²) in [7, 11) is 0. The number of hydrogen-bond acceptors (Lipinski definition) is 3. The standard InChI is InChI=1S/C10H10ClN3/c1-3-7-6(2)14-10(11)9(5-13)8(7)4-12/h6,14H,3H2,1-2H3/t6-/m0/s1. The van der Waals surface area contributed by atoms with Crippen molar-refractivity contribution in [2.24, 2.45) is 0 Å². The third-order valence-electron chi connectivity index (χ3n) is 2.26. The van der Waals surface area contributed by atoms with Crippen LogP contribution >= 0.6 is 11.6 Å². The Hall–Kier alpha value is -1.45. The lowest BCUT2D eigenvalue weighted by atomic mass is 9.93. The second-order valence-corrected chi connectivity index (χ2v) is 3.41. The number of nitriles is 2. The predicted molar refractivity (Wildman–Crippen MR) is 54.0 cm³/mol. The molecular weight excluding hydrogens is 198 g/mol. The lowest BCUT2D eigenvalue weighted by Gasteiger charge is -2.24. The van der Waals surface area contributed by atoms with E-state index in [2.05, 4.69) is 5.32 Å². The fourth-order valence-corrected chi connectivity index (χ4v) is 1.85. The van der Waals surface area contributed by atoms with Gasteiger partial charge in [0.1, 0.15) is 22.9 Å². The zero-order valence-corrected chi connectivity index (χ0v) is 8.81. The van der Waals surface area contributed by atoms with E-state index in [1.807, 2.05) is 26.0 Å². The summed E-state index contributed by atoms with van der Waals surface area (Å²) in [6.07, 6.45) is 0.742. The summed E-state index contributed by atoms with van der Waals surface area (Å²) in [5.41, 5.74) is 1.61. The maximum Gasteiger partial charge on any atom is 0.122 e. The smallest absolute Gasteiger partial charge is 0.122 e. The van der Waals surface area contributed by atoms with Crippen molar-refractivity contribution in [1.29, 1.82) is 10.5 Å². The van der Waals surface area contributed by atoms with Crippen molar-refractivity contribution in [1.82, 2.24) is 5.32 Å². The van der Waals surface area contributed by atoms with Gasteiger partial charge in [0.25, 0.3) is 0 Å². The highest BCUT2D eigenvalue weighted by Crippen LogP contribution is 2.27. The summed E-state index contributed by atoms with van der Waals surface area (Å²) >= 11 is 5.83. The Morgan fingerprint density at radius 2 is 1.93 bits per heavy atom. The molecule has 4 heteroatoms. The summed E-state index contributed by atoms with van der Waals surface area (Å²) in [4.78, 5) is 0. The Labute approximate surface area is 88.3 Å². The molecule has 1 rings (SSSR count). The molecule has 0 aromatic heterocycles. The van der Waals surface area contributed by atoms with Gasteiger partial charge < -0.3 is 5.32 Å². The second-order valence-electron chi connectivity index (χ2n) is 3.03. The molecular formula is C10H10ClN3. The van der Waals surface area contributed by atoms with Gasteiger partial charge in [-0.15, -0.1) is 0 Å². The molecule has 1 aliphatic rings. The highest BCUT2D eigenvalue weighted by molar-refractivity contribution is 6.30. The molecule has 0 bridgehead atoms. The number of dihydropyridines is 1. The first-order valence-corrected chi connectivity index (χ1v) is 4.73. The highest BCUT2D eigenvalue weighted by atomic mass is 35.5. The molecule has 1 N–H and O–H groups in total. The van der Waals surface area contributed by atoms with Crippen molar-refractivity contribution in [2.45, 2.75) is 26.3 Å². The van der Waals surface area contributed by atoms with Gasteiger partial charge in [-0.3, -0.25) is 0 Å². The van der Waals surface area contributed by atoms with Crippen LogP contribution in [0.2, 0.25) is 0 Å². The predicted octanol–water partition coefficient (Wildman–Crippen LogP) is 2.18. The number of halogens is 1. The van der Waals surface area contributed by atoms with E-state index in [1.54, 1.807) is 0 Å². The lowest BCUT2D eigenvalue weighted by Crippen LogP contribution is -2.31. The minimum atomic E-state index is 0.0271. The highest BCUT2D eigenvalue weighted by Gasteiger charge is 2.24. The van der Waals surface area contributed by atoms with E-state index in [9.17, 15) is 0 Å². The molecule has 0 unspecified atom stereocenters. The zero-order chi connectivity index (χ0) is 10.7. The summed E-state index contributed by atoms with van der Waals surface area (Å²) < 4.78 is 0. The quantitative estimate of drug-likeness (QED) is 0.671. The van der Waals surface area contributed by atoms with Gasteiger partial charge in [-0.1, -0.05) is 18.5 Å². The average molecular weight is 208 g/mol. The van der Waals surface area contributed by atoms with Crippen LogP contribution in [-0.4, -0.2) is 6.04 Å². The number of allylic oxidation sites excluding steroid dienone is 2. The first kappa shape index (κ1) is 10.6. The molecule has 72 valence electrons. The number of nitrogens with zero attached hydrogens (tertiary/aromatic N) is 2. The van der Waals surface area contributed by atoms with Gasteiger partial charge in [-0.05, 0) is 18.9 Å². The second kappa shape index (κ2) is 4.17. The van der Waals surface area contributed by atoms with Crippen LogP contribution in [0.15, 0.2) is 21.9 Å². The van der Waals surface area contributed by atoms with Gasteiger partial charge in [-0.25, -0.2) is 0 Å². The molecule has 0 aromatic carbocycles. The summed E-state index contributed by atoms with van der Waals surface area (Å²) in [5.74, 6) is 0. The monoisotopic (exact) mass is 207 g/mol. The van der Waals surface area contributed by atoms with E-state index in [4.69, 9.17) is 22.1 Å². The third kappa shape index (κ3) is 1.60. The van der Waals surface area contributed by atoms with Crippen molar-refractivity contribution in [2.75, 3.05) is 0 Å². The molecule has 1 heterocycles. The van der Waals surface area contributed by atoms with Crippen LogP contribution in [0.25, 0.3) is 0 Å². The van der Waals surface area contributed by atoms with Crippen molar-refractivity contribution in [3.8, 4) is 12.1 Å². The maximum absolute atomic E-state index is 8.95. The Balaban J connectivity index is 3.34. The Kier molecular flexibility index (Phi) is 3.17. The Morgan fingerprint density at radius 3 is 2.36 bits per heavy atom. The van der Waals surface area contributed by atoms with Crippen LogP contribution in [-0.2, 0) is 0 Å². The molecule has 0 amide bonds. The fraction of sp³-hybridized carbons (Fsp3) is 0.400. The number of nitrogens with one attached hydrogen (secondary N) is 1. The van der Waals surface area contributed by atoms with Crippen LogP contribution in [0.3, 0.4) is 0 Å². The van der Waals surface area contributed by atoms with Crippen LogP contribution in [0, 0.1) is 22.7 Å². The van der Waals surface area contributed by atoms with Crippen LogP contribution in [0.5, 0.6) is 0 Å². The van der Waals surface area contributed by atoms with Crippen molar-refractivity contribution < 1.29 is 0 Å². The van der Waals surface area contributed by atoms with Crippen LogP contribution in [0.4, 0.5) is 0 Å². The normalized spacial score (nSPS) is 21.4. The van der Waals surface area contributed by atoms with E-state index in [-0.39, 0.29) is 16.8 Å². The SMILES string of the molecule is CCC1=C(C#N)C(C#N)=C(Cl)N[C@H]1C. The topological polar surface area (TPSA) is 59.6 Å². The van der Waals surface area contributed by atoms with E-state index in [0.29, 0.717) is 5.57 Å². The molecule has 0 radical (unpaired) electrons. The molecule has 0 aliphatic carbocycles. The maximum atomic E-state index is 8.95. The molecule has 3 nitrogen and oxygen atoms in total. The fourth-order valence-electron chi connectivity index (χ4n) is 1.55. The van der Waals surface area contributed by atoms with Gasteiger partial charge in [-0.2, -0.15) is 10.5 Å². The van der Waals surface area contributed by atoms with E-state index >= 15 is 0 Å². The minimum absolute atomic E-state index is 0.0271. The largest absolute Gasteiger partial charge is 0.368 e. The minimum Gasteiger partial charge on any atom is -0.368 e. The first-order valence-electron chi connectivity index (χ1n) is 4.35. The summed E-state index contributed by atoms with van der Waals surface area (Å²) in [6.45, 7) is 3.88. The first-order chi connectivity index (χ1) is 6.65. The van der Waals surface area contributed by atoms with Crippen molar-refractivity contribution in [3.05, 3.63) is 21.9 Å². The van der Waals surface area contributed by atoms with E-state index in [1.165, 1.54) is 0 Å². The lowest BCUT2D eigenvalue weighted by molar-refractivity contribution is 0.674. The van der Waals surface area contributed by atoms with Crippen molar-refractivity contribution >= 4 is 11.6 Å². The molecule has 1 aliphatic heterocycles. The molecule has 0 spiro atoms. The van der Waals surface area contributed by atoms with E-state index < -0.39 is 0 Å². The summed E-state index contributed by atoms with van der Waals surface area (Å²) in [6, 6.07) is 4.01. The van der Waals surface area contributed by atoms with Gasteiger partial charge in [0.2, 0.25) is 0 Å². The number of rotatable bonds is 1. The van der Waals surface area contributed by atoms with Gasteiger partial charge in [0.05, 0.1) is 5.57 Å². The van der Waals surface area contributed by atoms with Crippen LogP contribution in [0.1, 0.15) is 20.3 Å². The molecule has 0 saturated heterocycles. The van der Waals surface area contributed by atoms with Gasteiger partial charge in [0.15, 0.2) is 0 Å². The molecule has 0 aromatic rings. The van der Waals surface area contributed by atoms with Gasteiger partial charge in [0, 0.05) is 6.04 Å². The molecule has 1 atom stereocenters. The molecule has 14 heavy (non-hydrogen) atoms. The molecule has 0 saturated carbocycles. The third-order valence-corrected chi connectivity index (χ3v) is 2.56. The van der Waals surface area contributed by atoms with Gasteiger partial charge >= 0.3 is 0 Å². The average Bonchev–Trinajstić information content (AvgIpc) is 2.16. The Bertz CT molecular complexity index is 393. The van der Waals surface area contributed by atoms with E-state index in [0.717, 1.165) is 12.0 Å². The van der Waals surface area contributed by atoms with Crippen molar-refractivity contribution in [3.63, 3.8) is 0 Å². The van der Waals surface area contributed by atoms with Crippen LogP contribution < -0.4 is 5.32 Å². The number of hydrogen-bond donors (Lipinski definition) is 1.